The zero-order valence-electron chi connectivity index (χ0n) is 17.2. The summed E-state index contributed by atoms with van der Waals surface area (Å²) in [7, 11) is 1.68. The molecule has 0 aliphatic carbocycles. The Morgan fingerprint density at radius 1 is 1.17 bits per heavy atom. The van der Waals surface area contributed by atoms with Crippen LogP contribution in [0.2, 0.25) is 0 Å². The Kier molecular flexibility index (Phi) is 7.15. The van der Waals surface area contributed by atoms with E-state index in [2.05, 4.69) is 33.4 Å². The van der Waals surface area contributed by atoms with Gasteiger partial charge < -0.3 is 10.1 Å². The molecule has 2 aromatic heterocycles. The number of carbonyl (C=O) groups excluding carboxylic acids is 1. The van der Waals surface area contributed by atoms with Gasteiger partial charge in [0.1, 0.15) is 10.8 Å². The first kappa shape index (κ1) is 21.0. The second-order valence-corrected chi connectivity index (χ2v) is 9.29. The molecule has 4 rings (SSSR count). The molecule has 0 spiro atoms. The molecule has 158 valence electrons. The molecule has 0 radical (unpaired) electrons. The highest BCUT2D eigenvalue weighted by molar-refractivity contribution is 7.20. The van der Waals surface area contributed by atoms with Crippen molar-refractivity contribution in [1.29, 1.82) is 0 Å². The van der Waals surface area contributed by atoms with Crippen LogP contribution in [0.3, 0.4) is 0 Å². The molecule has 3 heterocycles. The van der Waals surface area contributed by atoms with Gasteiger partial charge in [-0.15, -0.1) is 22.7 Å². The minimum Gasteiger partial charge on any atom is -0.497 e. The van der Waals surface area contributed by atoms with Gasteiger partial charge in [0.25, 0.3) is 0 Å². The van der Waals surface area contributed by atoms with Gasteiger partial charge in [-0.1, -0.05) is 24.6 Å². The summed E-state index contributed by atoms with van der Waals surface area (Å²) in [5.41, 5.74) is 2.05. The van der Waals surface area contributed by atoms with Crippen LogP contribution < -0.4 is 10.1 Å². The fourth-order valence-corrected chi connectivity index (χ4v) is 5.49. The summed E-state index contributed by atoms with van der Waals surface area (Å²) in [6.45, 7) is 2.75. The van der Waals surface area contributed by atoms with Gasteiger partial charge in [-0.25, -0.2) is 4.98 Å². The number of nitrogens with one attached hydrogen (secondary N) is 1. The molecule has 1 atom stereocenters. The van der Waals surface area contributed by atoms with Crippen LogP contribution in [0, 0.1) is 0 Å². The number of benzene rings is 1. The van der Waals surface area contributed by atoms with Crippen LogP contribution in [0.25, 0.3) is 9.88 Å². The maximum atomic E-state index is 12.6. The Hall–Kier alpha value is -2.22. The fourth-order valence-electron chi connectivity index (χ4n) is 3.85. The van der Waals surface area contributed by atoms with E-state index in [0.717, 1.165) is 34.4 Å². The maximum Gasteiger partial charge on any atom is 0.226 e. The summed E-state index contributed by atoms with van der Waals surface area (Å²) in [5, 5.41) is 8.17. The Labute approximate surface area is 185 Å². The van der Waals surface area contributed by atoms with Crippen LogP contribution in [0.4, 0.5) is 0 Å². The Morgan fingerprint density at radius 3 is 2.67 bits per heavy atom. The molecule has 1 aliphatic rings. The van der Waals surface area contributed by atoms with Gasteiger partial charge in [0.15, 0.2) is 0 Å². The number of carbonyl (C=O) groups is 1. The highest BCUT2D eigenvalue weighted by Gasteiger charge is 2.23. The van der Waals surface area contributed by atoms with Gasteiger partial charge in [-0.2, -0.15) is 0 Å². The quantitative estimate of drug-likeness (QED) is 0.547. The van der Waals surface area contributed by atoms with Crippen LogP contribution in [0.5, 0.6) is 5.75 Å². The predicted molar refractivity (Wildman–Crippen MR) is 123 cm³/mol. The van der Waals surface area contributed by atoms with Crippen molar-refractivity contribution in [3.8, 4) is 15.6 Å². The molecule has 7 heteroatoms. The molecule has 3 aromatic rings. The van der Waals surface area contributed by atoms with Gasteiger partial charge >= 0.3 is 0 Å². The number of nitrogens with zero attached hydrogens (tertiary/aromatic N) is 2. The number of thiazole rings is 1. The Bertz CT molecular complexity index is 932. The highest BCUT2D eigenvalue weighted by Crippen LogP contribution is 2.28. The van der Waals surface area contributed by atoms with Crippen LogP contribution in [-0.4, -0.2) is 42.5 Å². The average molecular weight is 442 g/mol. The van der Waals surface area contributed by atoms with E-state index in [1.54, 1.807) is 29.8 Å². The summed E-state index contributed by atoms with van der Waals surface area (Å²) < 4.78 is 5.30. The zero-order chi connectivity index (χ0) is 20.8. The second-order valence-electron chi connectivity index (χ2n) is 7.49. The van der Waals surface area contributed by atoms with Crippen LogP contribution in [-0.2, 0) is 11.2 Å². The summed E-state index contributed by atoms with van der Waals surface area (Å²) >= 11 is 3.27. The lowest BCUT2D eigenvalue weighted by Gasteiger charge is -2.35. The van der Waals surface area contributed by atoms with E-state index >= 15 is 0 Å². The minimum absolute atomic E-state index is 0.0218. The van der Waals surface area contributed by atoms with E-state index in [9.17, 15) is 4.79 Å². The van der Waals surface area contributed by atoms with Crippen molar-refractivity contribution in [3.05, 3.63) is 58.4 Å². The third-order valence-corrected chi connectivity index (χ3v) is 7.38. The number of methoxy groups -OCH3 is 1. The van der Waals surface area contributed by atoms with Gasteiger partial charge in [0.2, 0.25) is 5.91 Å². The van der Waals surface area contributed by atoms with Crippen molar-refractivity contribution < 1.29 is 9.53 Å². The lowest BCUT2D eigenvalue weighted by atomic mass is 10.0. The summed E-state index contributed by atoms with van der Waals surface area (Å²) in [6.07, 6.45) is 4.03. The molecule has 1 amide bonds. The first-order chi connectivity index (χ1) is 14.7. The number of aromatic nitrogens is 1. The number of rotatable bonds is 8. The smallest absolute Gasteiger partial charge is 0.226 e. The van der Waals surface area contributed by atoms with Gasteiger partial charge in [-0.3, -0.25) is 9.69 Å². The molecule has 1 saturated heterocycles. The number of thiophene rings is 1. The summed E-state index contributed by atoms with van der Waals surface area (Å²) in [4.78, 5) is 20.9. The molecule has 1 aliphatic heterocycles. The topological polar surface area (TPSA) is 54.5 Å². The average Bonchev–Trinajstić information content (AvgIpc) is 3.47. The van der Waals surface area contributed by atoms with E-state index in [-0.39, 0.29) is 11.9 Å². The van der Waals surface area contributed by atoms with Crippen LogP contribution >= 0.6 is 22.7 Å². The molecule has 0 saturated carbocycles. The summed E-state index contributed by atoms with van der Waals surface area (Å²) in [6, 6.07) is 12.5. The van der Waals surface area contributed by atoms with Crippen LogP contribution in [0.1, 0.15) is 36.6 Å². The van der Waals surface area contributed by atoms with Gasteiger partial charge in [0, 0.05) is 11.9 Å². The normalized spacial score (nSPS) is 15.6. The van der Waals surface area contributed by atoms with Gasteiger partial charge in [-0.05, 0) is 55.1 Å². The first-order valence-electron chi connectivity index (χ1n) is 10.4. The molecule has 1 unspecified atom stereocenters. The third kappa shape index (κ3) is 5.28. The predicted octanol–water partition coefficient (Wildman–Crippen LogP) is 4.77. The van der Waals surface area contributed by atoms with Crippen molar-refractivity contribution in [2.24, 2.45) is 0 Å². The Morgan fingerprint density at radius 2 is 1.97 bits per heavy atom. The van der Waals surface area contributed by atoms with E-state index in [4.69, 9.17) is 4.74 Å². The van der Waals surface area contributed by atoms with Crippen LogP contribution in [0.15, 0.2) is 47.2 Å². The Balaban J connectivity index is 1.39. The second kappa shape index (κ2) is 10.2. The highest BCUT2D eigenvalue weighted by atomic mass is 32.1. The van der Waals surface area contributed by atoms with Crippen molar-refractivity contribution in [3.63, 3.8) is 0 Å². The molecular formula is C23H27N3O2S2. The van der Waals surface area contributed by atoms with Gasteiger partial charge in [0.05, 0.1) is 30.1 Å². The number of amides is 1. The molecule has 5 nitrogen and oxygen atoms in total. The largest absolute Gasteiger partial charge is 0.497 e. The number of hydrogen-bond acceptors (Lipinski definition) is 6. The van der Waals surface area contributed by atoms with Crippen molar-refractivity contribution in [1.82, 2.24) is 15.2 Å². The third-order valence-electron chi connectivity index (χ3n) is 5.45. The summed E-state index contributed by atoms with van der Waals surface area (Å²) in [5.74, 6) is 0.874. The first-order valence-corrected chi connectivity index (χ1v) is 12.1. The van der Waals surface area contributed by atoms with E-state index < -0.39 is 0 Å². The molecule has 1 aromatic carbocycles. The number of hydrogen-bond donors (Lipinski definition) is 1. The zero-order valence-corrected chi connectivity index (χ0v) is 18.8. The standard InChI is InChI=1S/C23H27N3O2S2/c1-28-19-9-7-17(8-10-19)20(26-11-3-2-4-12-26)15-24-22(27)14-18-16-30-23(25-18)21-6-5-13-29-21/h5-10,13,16,20H,2-4,11-12,14-15H2,1H3,(H,24,27). The molecule has 0 bridgehead atoms. The lowest BCUT2D eigenvalue weighted by molar-refractivity contribution is -0.120. The lowest BCUT2D eigenvalue weighted by Crippen LogP contribution is -2.41. The van der Waals surface area contributed by atoms with E-state index in [0.29, 0.717) is 13.0 Å². The molecule has 1 fully saturated rings. The van der Waals surface area contributed by atoms with E-state index in [1.165, 1.54) is 24.8 Å². The van der Waals surface area contributed by atoms with Crippen molar-refractivity contribution >= 4 is 28.6 Å². The number of likely N-dealkylation sites (tertiary alicyclic amines) is 1. The number of piperidine rings is 1. The minimum atomic E-state index is 0.0218. The SMILES string of the molecule is COc1ccc(C(CNC(=O)Cc2csc(-c3cccs3)n2)N2CCCCC2)cc1. The molecule has 30 heavy (non-hydrogen) atoms. The maximum absolute atomic E-state index is 12.6. The molecular weight excluding hydrogens is 414 g/mol. The molecule has 1 N–H and O–H groups in total. The monoisotopic (exact) mass is 441 g/mol. The number of ether oxygens (including phenoxy) is 1. The fraction of sp³-hybridized carbons (Fsp3) is 0.391. The van der Waals surface area contributed by atoms with Crippen molar-refractivity contribution in [2.45, 2.75) is 31.7 Å². The van der Waals surface area contributed by atoms with Crippen molar-refractivity contribution in [2.75, 3.05) is 26.7 Å². The van der Waals surface area contributed by atoms with E-state index in [1.807, 2.05) is 29.0 Å².